The van der Waals surface area contributed by atoms with Crippen LogP contribution >= 0.6 is 0 Å². The highest BCUT2D eigenvalue weighted by atomic mass is 14.3. The van der Waals surface area contributed by atoms with E-state index in [4.69, 9.17) is 0 Å². The minimum atomic E-state index is 1.16. The maximum Gasteiger partial charge on any atom is 0.149 e. The van der Waals surface area contributed by atoms with E-state index < -0.39 is 0 Å². The number of hydrogen-bond acceptors (Lipinski definition) is 0. The second-order valence-electron chi connectivity index (χ2n) is 5.65. The first-order valence-electron chi connectivity index (χ1n) is 6.45. The maximum atomic E-state index is 1.58. The summed E-state index contributed by atoms with van der Waals surface area (Å²) in [5.74, 6) is 3.49. The first kappa shape index (κ1) is 8.38. The van der Waals surface area contributed by atoms with Crippen LogP contribution < -0.4 is 0 Å². The van der Waals surface area contributed by atoms with Crippen LogP contribution in [0.15, 0.2) is 0 Å². The largest absolute Gasteiger partial charge is 0.149 e. The van der Waals surface area contributed by atoms with Crippen LogP contribution in [-0.4, -0.2) is 6.71 Å². The van der Waals surface area contributed by atoms with Crippen molar-refractivity contribution in [3.63, 3.8) is 0 Å². The van der Waals surface area contributed by atoms with Gasteiger partial charge in [0.2, 0.25) is 0 Å². The van der Waals surface area contributed by atoms with Crippen molar-refractivity contribution >= 4 is 6.71 Å². The lowest BCUT2D eigenvalue weighted by atomic mass is 9.20. The molecule has 1 heteroatoms. The Bertz CT molecular complexity index is 144. The topological polar surface area (TPSA) is 0 Å². The van der Waals surface area contributed by atoms with Gasteiger partial charge in [0.25, 0.3) is 0 Å². The quantitative estimate of drug-likeness (QED) is 0.486. The molecule has 3 fully saturated rings. The average molecular weight is 176 g/mol. The lowest BCUT2D eigenvalue weighted by Crippen LogP contribution is -2.40. The molecule has 72 valence electrons. The summed E-state index contributed by atoms with van der Waals surface area (Å²) >= 11 is 0. The van der Waals surface area contributed by atoms with E-state index in [2.05, 4.69) is 0 Å². The molecular formula is C12H21B. The summed E-state index contributed by atoms with van der Waals surface area (Å²) in [5.41, 5.74) is 0. The molecule has 0 radical (unpaired) electrons. The molecule has 0 N–H and O–H groups in total. The highest BCUT2D eigenvalue weighted by Crippen LogP contribution is 2.54. The molecule has 3 aliphatic rings. The van der Waals surface area contributed by atoms with E-state index >= 15 is 0 Å². The summed E-state index contributed by atoms with van der Waals surface area (Å²) in [6.07, 6.45) is 14.1. The van der Waals surface area contributed by atoms with Gasteiger partial charge in [0.05, 0.1) is 0 Å². The zero-order chi connectivity index (χ0) is 8.67. The first-order valence-corrected chi connectivity index (χ1v) is 6.45. The molecule has 3 rings (SSSR count). The van der Waals surface area contributed by atoms with Crippen molar-refractivity contribution in [2.24, 2.45) is 0 Å². The van der Waals surface area contributed by atoms with Crippen molar-refractivity contribution in [1.29, 1.82) is 0 Å². The molecule has 3 saturated heterocycles. The van der Waals surface area contributed by atoms with Gasteiger partial charge < -0.3 is 0 Å². The van der Waals surface area contributed by atoms with Gasteiger partial charge >= 0.3 is 0 Å². The minimum Gasteiger partial charge on any atom is -0.0617 e. The van der Waals surface area contributed by atoms with Gasteiger partial charge in [-0.1, -0.05) is 75.2 Å². The van der Waals surface area contributed by atoms with Crippen molar-refractivity contribution in [2.75, 3.05) is 0 Å². The van der Waals surface area contributed by atoms with Crippen LogP contribution in [-0.2, 0) is 0 Å². The number of hydrogen-bond donors (Lipinski definition) is 0. The van der Waals surface area contributed by atoms with Crippen molar-refractivity contribution in [3.05, 3.63) is 0 Å². The Labute approximate surface area is 82.6 Å². The van der Waals surface area contributed by atoms with Gasteiger partial charge in [0.15, 0.2) is 0 Å². The van der Waals surface area contributed by atoms with Crippen LogP contribution in [0.4, 0.5) is 0 Å². The molecule has 0 aromatic carbocycles. The van der Waals surface area contributed by atoms with Crippen LogP contribution in [0.25, 0.3) is 0 Å². The molecule has 3 aliphatic heterocycles. The summed E-state index contributed by atoms with van der Waals surface area (Å²) in [6, 6.07) is 0. The van der Waals surface area contributed by atoms with E-state index in [1.165, 1.54) is 6.71 Å². The molecule has 0 unspecified atom stereocenters. The molecule has 3 heterocycles. The average Bonchev–Trinajstić information content (AvgIpc) is 2.19. The molecule has 0 amide bonds. The fourth-order valence-electron chi connectivity index (χ4n) is 4.67. The van der Waals surface area contributed by atoms with E-state index in [0.717, 1.165) is 17.5 Å². The Morgan fingerprint density at radius 1 is 0.538 bits per heavy atom. The van der Waals surface area contributed by atoms with Crippen LogP contribution in [0.3, 0.4) is 0 Å². The lowest BCUT2D eigenvalue weighted by molar-refractivity contribution is 0.400. The van der Waals surface area contributed by atoms with Crippen molar-refractivity contribution < 1.29 is 0 Å². The SMILES string of the molecule is C1CC2CCCC3CCCC(C1)B23. The summed E-state index contributed by atoms with van der Waals surface area (Å²) in [7, 11) is 0. The Balaban J connectivity index is 1.82. The first-order chi connectivity index (χ1) is 6.45. The van der Waals surface area contributed by atoms with Crippen LogP contribution in [0, 0.1) is 0 Å². The van der Waals surface area contributed by atoms with Crippen LogP contribution in [0.1, 0.15) is 57.8 Å². The Kier molecular flexibility index (Phi) is 2.15. The van der Waals surface area contributed by atoms with Gasteiger partial charge in [-0.25, -0.2) is 0 Å². The van der Waals surface area contributed by atoms with Crippen LogP contribution in [0.2, 0.25) is 17.5 Å². The van der Waals surface area contributed by atoms with Crippen molar-refractivity contribution in [2.45, 2.75) is 75.2 Å². The van der Waals surface area contributed by atoms with Crippen LogP contribution in [0.5, 0.6) is 0 Å². The highest BCUT2D eigenvalue weighted by Gasteiger charge is 2.44. The summed E-state index contributed by atoms with van der Waals surface area (Å²) < 4.78 is 0. The van der Waals surface area contributed by atoms with Crippen molar-refractivity contribution in [1.82, 2.24) is 0 Å². The third-order valence-corrected chi connectivity index (χ3v) is 5.08. The predicted octanol–water partition coefficient (Wildman–Crippen LogP) is 4.14. The van der Waals surface area contributed by atoms with Gasteiger partial charge in [0, 0.05) is 0 Å². The van der Waals surface area contributed by atoms with Crippen molar-refractivity contribution in [3.8, 4) is 0 Å². The summed E-state index contributed by atoms with van der Waals surface area (Å²) in [6.45, 7) is 1.19. The normalized spacial score (nSPS) is 44.3. The van der Waals surface area contributed by atoms with Gasteiger partial charge in [0.1, 0.15) is 6.71 Å². The highest BCUT2D eigenvalue weighted by molar-refractivity contribution is 6.64. The molecule has 0 saturated carbocycles. The van der Waals surface area contributed by atoms with Gasteiger partial charge in [-0.2, -0.15) is 0 Å². The second-order valence-corrected chi connectivity index (χ2v) is 5.65. The molecule has 0 nitrogen and oxygen atoms in total. The van der Waals surface area contributed by atoms with E-state index in [1.807, 2.05) is 0 Å². The molecule has 0 aliphatic carbocycles. The third-order valence-electron chi connectivity index (χ3n) is 5.08. The third kappa shape index (κ3) is 1.35. The summed E-state index contributed by atoms with van der Waals surface area (Å²) in [5, 5.41) is 0. The second kappa shape index (κ2) is 3.33. The zero-order valence-corrected chi connectivity index (χ0v) is 8.67. The Morgan fingerprint density at radius 3 is 1.15 bits per heavy atom. The predicted molar refractivity (Wildman–Crippen MR) is 58.6 cm³/mol. The molecule has 0 aromatic heterocycles. The van der Waals surface area contributed by atoms with E-state index in [0.29, 0.717) is 0 Å². The standard InChI is InChI=1S/C12H21B/c1-4-10-6-2-8-12-9-3-7-11(5-1)13(10)12/h10-12H,1-9H2. The number of rotatable bonds is 0. The van der Waals surface area contributed by atoms with Gasteiger partial charge in [-0.05, 0) is 0 Å². The lowest BCUT2D eigenvalue weighted by Gasteiger charge is -2.47. The molecule has 13 heavy (non-hydrogen) atoms. The van der Waals surface area contributed by atoms with E-state index in [1.54, 1.807) is 57.8 Å². The minimum absolute atomic E-state index is 1.16. The smallest absolute Gasteiger partial charge is 0.0617 e. The van der Waals surface area contributed by atoms with Gasteiger partial charge in [-0.15, -0.1) is 0 Å². The zero-order valence-electron chi connectivity index (χ0n) is 8.67. The molecule has 0 bridgehead atoms. The maximum absolute atomic E-state index is 1.58. The van der Waals surface area contributed by atoms with Gasteiger partial charge in [-0.3, -0.25) is 0 Å². The molecular weight excluding hydrogens is 155 g/mol. The molecule has 0 atom stereocenters. The van der Waals surface area contributed by atoms with E-state index in [9.17, 15) is 0 Å². The molecule has 0 spiro atoms. The Hall–Kier alpha value is 0.0649. The Morgan fingerprint density at radius 2 is 0.846 bits per heavy atom. The monoisotopic (exact) mass is 176 g/mol. The fraction of sp³-hybridized carbons (Fsp3) is 1.00. The fourth-order valence-corrected chi connectivity index (χ4v) is 4.67. The molecule has 0 aromatic rings. The summed E-state index contributed by atoms with van der Waals surface area (Å²) in [4.78, 5) is 0. The van der Waals surface area contributed by atoms with E-state index in [-0.39, 0.29) is 0 Å².